The first kappa shape index (κ1) is 13.7. The Balaban J connectivity index is 2.28. The van der Waals surface area contributed by atoms with Gasteiger partial charge in [-0.1, -0.05) is 37.3 Å². The Morgan fingerprint density at radius 2 is 1.94 bits per heavy atom. The van der Waals surface area contributed by atoms with Crippen molar-refractivity contribution in [2.24, 2.45) is 0 Å². The maximum Gasteiger partial charge on any atom is 0.303 e. The van der Waals surface area contributed by atoms with E-state index in [1.165, 1.54) is 5.56 Å². The molecule has 0 aliphatic heterocycles. The summed E-state index contributed by atoms with van der Waals surface area (Å²) >= 11 is 0. The minimum absolute atomic E-state index is 0.230. The van der Waals surface area contributed by atoms with Crippen LogP contribution in [0.1, 0.15) is 38.2 Å². The van der Waals surface area contributed by atoms with E-state index in [1.807, 2.05) is 25.1 Å². The molecule has 3 nitrogen and oxygen atoms in total. The zero-order valence-electron chi connectivity index (χ0n) is 10.5. The Morgan fingerprint density at radius 3 is 2.53 bits per heavy atom. The summed E-state index contributed by atoms with van der Waals surface area (Å²) in [6, 6.07) is 10.6. The van der Waals surface area contributed by atoms with E-state index < -0.39 is 5.97 Å². The largest absolute Gasteiger partial charge is 0.481 e. The lowest BCUT2D eigenvalue weighted by Crippen LogP contribution is -2.30. The molecule has 0 spiro atoms. The van der Waals surface area contributed by atoms with Crippen LogP contribution >= 0.6 is 0 Å². The van der Waals surface area contributed by atoms with Gasteiger partial charge in [0.05, 0.1) is 0 Å². The standard InChI is InChI=1S/C14H21NO2/c1-11(13-6-4-3-5-7-13)10-15-12(2)8-9-14(16)17/h3-7,11-12,15H,8-10H2,1-2H3,(H,16,17). The Kier molecular flexibility index (Phi) is 5.70. The maximum absolute atomic E-state index is 10.4. The molecule has 0 bridgehead atoms. The molecule has 2 atom stereocenters. The van der Waals surface area contributed by atoms with Gasteiger partial charge in [-0.3, -0.25) is 4.79 Å². The SMILES string of the molecule is CC(CCC(=O)O)NCC(C)c1ccccc1. The van der Waals surface area contributed by atoms with Crippen LogP contribution in [0, 0.1) is 0 Å². The average Bonchev–Trinajstić information content (AvgIpc) is 2.34. The third kappa shape index (κ3) is 5.50. The van der Waals surface area contributed by atoms with E-state index in [9.17, 15) is 4.79 Å². The lowest BCUT2D eigenvalue weighted by Gasteiger charge is -2.17. The van der Waals surface area contributed by atoms with Crippen LogP contribution < -0.4 is 5.32 Å². The summed E-state index contributed by atoms with van der Waals surface area (Å²) in [5.74, 6) is -0.279. The van der Waals surface area contributed by atoms with Gasteiger partial charge in [0.25, 0.3) is 0 Å². The van der Waals surface area contributed by atoms with E-state index in [0.717, 1.165) is 6.54 Å². The smallest absolute Gasteiger partial charge is 0.303 e. The van der Waals surface area contributed by atoms with Crippen molar-refractivity contribution >= 4 is 5.97 Å². The number of hydrogen-bond acceptors (Lipinski definition) is 2. The van der Waals surface area contributed by atoms with E-state index in [1.54, 1.807) is 0 Å². The quantitative estimate of drug-likeness (QED) is 0.764. The topological polar surface area (TPSA) is 49.3 Å². The van der Waals surface area contributed by atoms with E-state index in [-0.39, 0.29) is 12.5 Å². The highest BCUT2D eigenvalue weighted by molar-refractivity contribution is 5.66. The number of nitrogens with one attached hydrogen (secondary N) is 1. The van der Waals surface area contributed by atoms with Crippen LogP contribution in [-0.4, -0.2) is 23.7 Å². The molecule has 0 aliphatic rings. The fraction of sp³-hybridized carbons (Fsp3) is 0.500. The molecule has 0 saturated heterocycles. The lowest BCUT2D eigenvalue weighted by molar-refractivity contribution is -0.137. The molecule has 0 fully saturated rings. The van der Waals surface area contributed by atoms with E-state index in [2.05, 4.69) is 24.4 Å². The minimum Gasteiger partial charge on any atom is -0.481 e. The van der Waals surface area contributed by atoms with Crippen molar-refractivity contribution in [1.82, 2.24) is 5.32 Å². The Bertz CT molecular complexity index is 337. The summed E-state index contributed by atoms with van der Waals surface area (Å²) < 4.78 is 0. The van der Waals surface area contributed by atoms with Crippen LogP contribution in [0.3, 0.4) is 0 Å². The van der Waals surface area contributed by atoms with Crippen LogP contribution in [0.25, 0.3) is 0 Å². The molecule has 94 valence electrons. The molecule has 0 saturated carbocycles. The fourth-order valence-corrected chi connectivity index (χ4v) is 1.72. The summed E-state index contributed by atoms with van der Waals surface area (Å²) in [4.78, 5) is 10.4. The van der Waals surface area contributed by atoms with Gasteiger partial charge >= 0.3 is 5.97 Å². The third-order valence-electron chi connectivity index (χ3n) is 2.93. The summed E-state index contributed by atoms with van der Waals surface area (Å²) in [6.45, 7) is 5.08. The Labute approximate surface area is 103 Å². The first-order valence-corrected chi connectivity index (χ1v) is 6.09. The number of benzene rings is 1. The summed E-state index contributed by atoms with van der Waals surface area (Å²) in [7, 11) is 0. The summed E-state index contributed by atoms with van der Waals surface area (Å²) in [6.07, 6.45) is 0.907. The van der Waals surface area contributed by atoms with Gasteiger partial charge < -0.3 is 10.4 Å². The Morgan fingerprint density at radius 1 is 1.29 bits per heavy atom. The molecule has 2 unspecified atom stereocenters. The molecule has 1 aromatic carbocycles. The van der Waals surface area contributed by atoms with Gasteiger partial charge in [-0.25, -0.2) is 0 Å². The predicted octanol–water partition coefficient (Wildman–Crippen LogP) is 2.63. The third-order valence-corrected chi connectivity index (χ3v) is 2.93. The van der Waals surface area contributed by atoms with Crippen molar-refractivity contribution in [2.75, 3.05) is 6.54 Å². The molecule has 1 aromatic rings. The molecular weight excluding hydrogens is 214 g/mol. The minimum atomic E-state index is -0.727. The van der Waals surface area contributed by atoms with Crippen molar-refractivity contribution in [2.45, 2.75) is 38.6 Å². The van der Waals surface area contributed by atoms with Crippen molar-refractivity contribution in [3.05, 3.63) is 35.9 Å². The molecule has 3 heteroatoms. The molecule has 1 rings (SSSR count). The van der Waals surface area contributed by atoms with E-state index >= 15 is 0 Å². The fourth-order valence-electron chi connectivity index (χ4n) is 1.72. The van der Waals surface area contributed by atoms with Gasteiger partial charge in [0.2, 0.25) is 0 Å². The van der Waals surface area contributed by atoms with Crippen LogP contribution in [0.5, 0.6) is 0 Å². The Hall–Kier alpha value is -1.35. The number of carbonyl (C=O) groups is 1. The van der Waals surface area contributed by atoms with Crippen molar-refractivity contribution in [3.8, 4) is 0 Å². The molecule has 0 heterocycles. The number of carboxylic acids is 1. The number of hydrogen-bond donors (Lipinski definition) is 2. The molecule has 0 radical (unpaired) electrons. The number of carboxylic acid groups (broad SMARTS) is 1. The second-order valence-corrected chi connectivity index (χ2v) is 4.55. The average molecular weight is 235 g/mol. The summed E-state index contributed by atoms with van der Waals surface area (Å²) in [5.41, 5.74) is 1.31. The van der Waals surface area contributed by atoms with E-state index in [4.69, 9.17) is 5.11 Å². The zero-order valence-corrected chi connectivity index (χ0v) is 10.5. The first-order valence-electron chi connectivity index (χ1n) is 6.09. The van der Waals surface area contributed by atoms with Crippen LogP contribution in [0.4, 0.5) is 0 Å². The summed E-state index contributed by atoms with van der Waals surface area (Å²) in [5, 5.41) is 12.0. The van der Waals surface area contributed by atoms with Crippen molar-refractivity contribution < 1.29 is 9.90 Å². The van der Waals surface area contributed by atoms with Crippen LogP contribution in [-0.2, 0) is 4.79 Å². The normalized spacial score (nSPS) is 14.2. The second kappa shape index (κ2) is 7.07. The highest BCUT2D eigenvalue weighted by Gasteiger charge is 2.08. The second-order valence-electron chi connectivity index (χ2n) is 4.55. The highest BCUT2D eigenvalue weighted by Crippen LogP contribution is 2.13. The van der Waals surface area contributed by atoms with Gasteiger partial charge in [-0.2, -0.15) is 0 Å². The molecule has 2 N–H and O–H groups in total. The van der Waals surface area contributed by atoms with Gasteiger partial charge in [-0.05, 0) is 24.8 Å². The van der Waals surface area contributed by atoms with Crippen molar-refractivity contribution in [3.63, 3.8) is 0 Å². The molecule has 0 aromatic heterocycles. The van der Waals surface area contributed by atoms with Crippen molar-refractivity contribution in [1.29, 1.82) is 0 Å². The molecular formula is C14H21NO2. The first-order chi connectivity index (χ1) is 8.09. The highest BCUT2D eigenvalue weighted by atomic mass is 16.4. The van der Waals surface area contributed by atoms with Crippen LogP contribution in [0.2, 0.25) is 0 Å². The number of aliphatic carboxylic acids is 1. The lowest BCUT2D eigenvalue weighted by atomic mass is 10.0. The zero-order chi connectivity index (χ0) is 12.7. The molecule has 0 aliphatic carbocycles. The monoisotopic (exact) mass is 235 g/mol. The van der Waals surface area contributed by atoms with E-state index in [0.29, 0.717) is 12.3 Å². The number of rotatable bonds is 7. The van der Waals surface area contributed by atoms with Gasteiger partial charge in [0.15, 0.2) is 0 Å². The molecule has 0 amide bonds. The van der Waals surface area contributed by atoms with Gasteiger partial charge in [0.1, 0.15) is 0 Å². The van der Waals surface area contributed by atoms with Gasteiger partial charge in [-0.15, -0.1) is 0 Å². The van der Waals surface area contributed by atoms with Crippen LogP contribution in [0.15, 0.2) is 30.3 Å². The predicted molar refractivity (Wildman–Crippen MR) is 69.2 cm³/mol. The maximum atomic E-state index is 10.4. The molecule has 17 heavy (non-hydrogen) atoms. The van der Waals surface area contributed by atoms with Gasteiger partial charge in [0, 0.05) is 19.0 Å².